The molecule has 0 spiro atoms. The summed E-state index contributed by atoms with van der Waals surface area (Å²) in [5.74, 6) is 1.09. The van der Waals surface area contributed by atoms with Crippen molar-refractivity contribution in [2.45, 2.75) is 51.9 Å². The third-order valence-corrected chi connectivity index (χ3v) is 3.63. The van der Waals surface area contributed by atoms with Gasteiger partial charge in [0.15, 0.2) is 0 Å². The molecular weight excluding hydrogens is 262 g/mol. The highest BCUT2D eigenvalue weighted by Gasteiger charge is 2.04. The van der Waals surface area contributed by atoms with E-state index in [0.717, 1.165) is 36.1 Å². The number of H-pyrrole nitrogens is 1. The number of carbonyl (C=O) groups excluding carboxylic acids is 1. The summed E-state index contributed by atoms with van der Waals surface area (Å²) in [4.78, 5) is 19.5. The van der Waals surface area contributed by atoms with E-state index in [0.29, 0.717) is 13.0 Å². The quantitative estimate of drug-likeness (QED) is 0.693. The maximum absolute atomic E-state index is 11.7. The molecule has 1 heterocycles. The summed E-state index contributed by atoms with van der Waals surface area (Å²) in [5, 5.41) is 2.97. The maximum Gasteiger partial charge on any atom is 0.220 e. The Morgan fingerprint density at radius 1 is 1.19 bits per heavy atom. The molecule has 2 rings (SSSR count). The molecule has 0 saturated heterocycles. The van der Waals surface area contributed by atoms with E-state index >= 15 is 0 Å². The lowest BCUT2D eigenvalue weighted by molar-refractivity contribution is -0.121. The van der Waals surface area contributed by atoms with Crippen molar-refractivity contribution in [2.75, 3.05) is 6.54 Å². The monoisotopic (exact) mass is 287 g/mol. The zero-order valence-electron chi connectivity index (χ0n) is 12.8. The molecule has 1 amide bonds. The first-order valence-corrected chi connectivity index (χ1v) is 8.00. The van der Waals surface area contributed by atoms with Crippen molar-refractivity contribution in [2.24, 2.45) is 0 Å². The Labute approximate surface area is 126 Å². The fourth-order valence-corrected chi connectivity index (χ4v) is 2.42. The number of hydrogen-bond acceptors (Lipinski definition) is 2. The number of aromatic nitrogens is 2. The molecule has 4 nitrogen and oxygen atoms in total. The summed E-state index contributed by atoms with van der Waals surface area (Å²) in [5.41, 5.74) is 2.03. The summed E-state index contributed by atoms with van der Waals surface area (Å²) in [6, 6.07) is 7.98. The van der Waals surface area contributed by atoms with Crippen LogP contribution in [0.2, 0.25) is 0 Å². The van der Waals surface area contributed by atoms with Gasteiger partial charge in [0, 0.05) is 19.4 Å². The number of imidazole rings is 1. The summed E-state index contributed by atoms with van der Waals surface area (Å²) in [7, 11) is 0. The molecule has 0 aliphatic rings. The van der Waals surface area contributed by atoms with E-state index in [1.807, 2.05) is 24.3 Å². The van der Waals surface area contributed by atoms with Crippen LogP contribution in [-0.2, 0) is 11.2 Å². The van der Waals surface area contributed by atoms with Gasteiger partial charge in [0.1, 0.15) is 5.82 Å². The minimum atomic E-state index is 0.155. The first-order valence-electron chi connectivity index (χ1n) is 8.00. The molecule has 0 atom stereocenters. The largest absolute Gasteiger partial charge is 0.356 e. The van der Waals surface area contributed by atoms with Crippen molar-refractivity contribution < 1.29 is 4.79 Å². The van der Waals surface area contributed by atoms with Crippen LogP contribution < -0.4 is 5.32 Å². The minimum Gasteiger partial charge on any atom is -0.356 e. The number of aromatic amines is 1. The topological polar surface area (TPSA) is 57.8 Å². The van der Waals surface area contributed by atoms with Crippen molar-refractivity contribution in [3.8, 4) is 0 Å². The molecule has 0 fully saturated rings. The van der Waals surface area contributed by atoms with Gasteiger partial charge in [0.05, 0.1) is 11.0 Å². The van der Waals surface area contributed by atoms with Gasteiger partial charge in [0.25, 0.3) is 0 Å². The van der Waals surface area contributed by atoms with Crippen molar-refractivity contribution in [1.82, 2.24) is 15.3 Å². The third kappa shape index (κ3) is 5.21. The molecule has 0 radical (unpaired) electrons. The van der Waals surface area contributed by atoms with Gasteiger partial charge in [-0.2, -0.15) is 0 Å². The zero-order chi connectivity index (χ0) is 14.9. The highest BCUT2D eigenvalue weighted by molar-refractivity contribution is 5.76. The molecule has 114 valence electrons. The number of benzene rings is 1. The van der Waals surface area contributed by atoms with Crippen molar-refractivity contribution >= 4 is 16.9 Å². The predicted molar refractivity (Wildman–Crippen MR) is 86.2 cm³/mol. The molecule has 2 aromatic rings. The van der Waals surface area contributed by atoms with Gasteiger partial charge in [0.2, 0.25) is 5.91 Å². The second kappa shape index (κ2) is 8.45. The van der Waals surface area contributed by atoms with E-state index in [1.54, 1.807) is 0 Å². The van der Waals surface area contributed by atoms with Gasteiger partial charge in [-0.1, -0.05) is 44.7 Å². The normalized spacial score (nSPS) is 10.9. The van der Waals surface area contributed by atoms with Crippen LogP contribution in [0.3, 0.4) is 0 Å². The van der Waals surface area contributed by atoms with Gasteiger partial charge in [-0.3, -0.25) is 4.79 Å². The molecule has 0 saturated carbocycles. The standard InChI is InChI=1S/C17H25N3O/c1-2-3-4-5-6-11-17(21)18-13-12-16-19-14-9-7-8-10-15(14)20-16/h7-10H,2-6,11-13H2,1H3,(H,18,21)(H,19,20). The fourth-order valence-electron chi connectivity index (χ4n) is 2.42. The van der Waals surface area contributed by atoms with E-state index in [2.05, 4.69) is 22.2 Å². The molecule has 0 aliphatic carbocycles. The Kier molecular flexibility index (Phi) is 6.25. The molecule has 4 heteroatoms. The SMILES string of the molecule is CCCCCCCC(=O)NCCc1nc2ccccc2[nH]1. The van der Waals surface area contributed by atoms with Gasteiger partial charge < -0.3 is 10.3 Å². The van der Waals surface area contributed by atoms with E-state index in [9.17, 15) is 4.79 Å². The number of unbranched alkanes of at least 4 members (excludes halogenated alkanes) is 4. The van der Waals surface area contributed by atoms with E-state index in [-0.39, 0.29) is 5.91 Å². The molecule has 0 unspecified atom stereocenters. The lowest BCUT2D eigenvalue weighted by Gasteiger charge is -2.04. The number of fused-ring (bicyclic) bond motifs is 1. The smallest absolute Gasteiger partial charge is 0.220 e. The van der Waals surface area contributed by atoms with E-state index in [4.69, 9.17) is 0 Å². The first kappa shape index (κ1) is 15.5. The summed E-state index contributed by atoms with van der Waals surface area (Å²) in [6.45, 7) is 2.85. The maximum atomic E-state index is 11.7. The van der Waals surface area contributed by atoms with Crippen LogP contribution in [0, 0.1) is 0 Å². The van der Waals surface area contributed by atoms with Gasteiger partial charge in [-0.05, 0) is 18.6 Å². The fraction of sp³-hybridized carbons (Fsp3) is 0.529. The average Bonchev–Trinajstić information content (AvgIpc) is 2.89. The lowest BCUT2D eigenvalue weighted by atomic mass is 10.1. The Hall–Kier alpha value is -1.84. The van der Waals surface area contributed by atoms with Crippen molar-refractivity contribution in [3.05, 3.63) is 30.1 Å². The highest BCUT2D eigenvalue weighted by Crippen LogP contribution is 2.10. The molecule has 1 aromatic heterocycles. The summed E-state index contributed by atoms with van der Waals surface area (Å²) >= 11 is 0. The summed E-state index contributed by atoms with van der Waals surface area (Å²) < 4.78 is 0. The van der Waals surface area contributed by atoms with Crippen molar-refractivity contribution in [3.63, 3.8) is 0 Å². The van der Waals surface area contributed by atoms with Crippen LogP contribution in [-0.4, -0.2) is 22.4 Å². The van der Waals surface area contributed by atoms with Crippen LogP contribution in [0.5, 0.6) is 0 Å². The number of nitrogens with one attached hydrogen (secondary N) is 2. The van der Waals surface area contributed by atoms with Gasteiger partial charge in [-0.25, -0.2) is 4.98 Å². The van der Waals surface area contributed by atoms with Crippen LogP contribution in [0.4, 0.5) is 0 Å². The Morgan fingerprint density at radius 2 is 2.00 bits per heavy atom. The lowest BCUT2D eigenvalue weighted by Crippen LogP contribution is -2.25. The average molecular weight is 287 g/mol. The van der Waals surface area contributed by atoms with Crippen molar-refractivity contribution in [1.29, 1.82) is 0 Å². The summed E-state index contributed by atoms with van der Waals surface area (Å²) in [6.07, 6.45) is 7.29. The molecular formula is C17H25N3O. The second-order valence-corrected chi connectivity index (χ2v) is 5.46. The number of hydrogen-bond donors (Lipinski definition) is 2. The van der Waals surface area contributed by atoms with Crippen LogP contribution >= 0.6 is 0 Å². The van der Waals surface area contributed by atoms with Gasteiger partial charge >= 0.3 is 0 Å². The first-order chi connectivity index (χ1) is 10.3. The van der Waals surface area contributed by atoms with Crippen LogP contribution in [0.1, 0.15) is 51.3 Å². The molecule has 0 aliphatic heterocycles. The third-order valence-electron chi connectivity index (χ3n) is 3.63. The Balaban J connectivity index is 1.63. The highest BCUT2D eigenvalue weighted by atomic mass is 16.1. The molecule has 2 N–H and O–H groups in total. The second-order valence-electron chi connectivity index (χ2n) is 5.46. The van der Waals surface area contributed by atoms with Gasteiger partial charge in [-0.15, -0.1) is 0 Å². The molecule has 0 bridgehead atoms. The number of amides is 1. The number of rotatable bonds is 9. The Bertz CT molecular complexity index is 529. The number of carbonyl (C=O) groups is 1. The van der Waals surface area contributed by atoms with E-state index < -0.39 is 0 Å². The molecule has 1 aromatic carbocycles. The van der Waals surface area contributed by atoms with E-state index in [1.165, 1.54) is 19.3 Å². The minimum absolute atomic E-state index is 0.155. The number of para-hydroxylation sites is 2. The number of nitrogens with zero attached hydrogens (tertiary/aromatic N) is 1. The van der Waals surface area contributed by atoms with Crippen LogP contribution in [0.25, 0.3) is 11.0 Å². The predicted octanol–water partition coefficient (Wildman–Crippen LogP) is 3.58. The Morgan fingerprint density at radius 3 is 2.81 bits per heavy atom. The van der Waals surface area contributed by atoms with Crippen LogP contribution in [0.15, 0.2) is 24.3 Å². The molecule has 21 heavy (non-hydrogen) atoms. The zero-order valence-corrected chi connectivity index (χ0v) is 12.8.